The van der Waals surface area contributed by atoms with Gasteiger partial charge in [0, 0.05) is 18.8 Å². The van der Waals surface area contributed by atoms with Gasteiger partial charge >= 0.3 is 5.97 Å². The number of H-pyrrole nitrogens is 1. The van der Waals surface area contributed by atoms with Crippen molar-refractivity contribution in [3.8, 4) is 0 Å². The predicted molar refractivity (Wildman–Crippen MR) is 69.6 cm³/mol. The van der Waals surface area contributed by atoms with Crippen molar-refractivity contribution in [1.82, 2.24) is 10.2 Å². The van der Waals surface area contributed by atoms with E-state index >= 15 is 0 Å². The summed E-state index contributed by atoms with van der Waals surface area (Å²) in [4.78, 5) is 13.9. The molecule has 7 heteroatoms. The molecule has 0 aliphatic carbocycles. The number of anilines is 1. The Hall–Kier alpha value is -1.27. The Morgan fingerprint density at radius 2 is 2.17 bits per heavy atom. The average molecular weight is 276 g/mol. The van der Waals surface area contributed by atoms with Crippen LogP contribution in [0.1, 0.15) is 23.0 Å². The van der Waals surface area contributed by atoms with E-state index in [1.165, 1.54) is 0 Å². The Morgan fingerprint density at radius 3 is 2.78 bits per heavy atom. The molecule has 0 aromatic carbocycles. The van der Waals surface area contributed by atoms with Crippen LogP contribution in [0.2, 0.25) is 0 Å². The quantitative estimate of drug-likeness (QED) is 0.839. The molecule has 1 aliphatic rings. The van der Waals surface area contributed by atoms with Crippen LogP contribution >= 0.6 is 12.4 Å². The second-order valence-electron chi connectivity index (χ2n) is 3.87. The molecule has 0 spiro atoms. The smallest absolute Gasteiger partial charge is 0.343 e. The summed E-state index contributed by atoms with van der Waals surface area (Å²) in [5.41, 5.74) is 1.28. The maximum Gasteiger partial charge on any atom is 0.343 e. The third-order valence-electron chi connectivity index (χ3n) is 2.72. The van der Waals surface area contributed by atoms with E-state index in [0.29, 0.717) is 31.2 Å². The molecule has 1 aromatic heterocycles. The Labute approximate surface area is 112 Å². The van der Waals surface area contributed by atoms with E-state index in [1.807, 2.05) is 11.8 Å². The topological polar surface area (TPSA) is 67.4 Å². The van der Waals surface area contributed by atoms with Gasteiger partial charge in [-0.05, 0) is 13.8 Å². The van der Waals surface area contributed by atoms with Crippen LogP contribution in [0.5, 0.6) is 0 Å². The van der Waals surface area contributed by atoms with Crippen LogP contribution < -0.4 is 4.90 Å². The summed E-state index contributed by atoms with van der Waals surface area (Å²) >= 11 is 0. The number of ether oxygens (including phenoxy) is 2. The maximum atomic E-state index is 11.8. The molecule has 6 nitrogen and oxygen atoms in total. The van der Waals surface area contributed by atoms with E-state index in [1.54, 1.807) is 6.92 Å². The molecule has 0 unspecified atom stereocenters. The van der Waals surface area contributed by atoms with Gasteiger partial charge in [0.2, 0.25) is 0 Å². The number of aromatic amines is 1. The molecule has 0 atom stereocenters. The highest BCUT2D eigenvalue weighted by molar-refractivity contribution is 5.96. The van der Waals surface area contributed by atoms with Gasteiger partial charge in [0.25, 0.3) is 0 Å². The second-order valence-corrected chi connectivity index (χ2v) is 3.87. The van der Waals surface area contributed by atoms with Crippen molar-refractivity contribution in [2.75, 3.05) is 37.8 Å². The van der Waals surface area contributed by atoms with Crippen molar-refractivity contribution in [3.63, 3.8) is 0 Å². The van der Waals surface area contributed by atoms with Gasteiger partial charge < -0.3 is 14.4 Å². The SMILES string of the molecule is CCOC(=O)c1c(N2CCOCC2)n[nH]c1C.Cl. The summed E-state index contributed by atoms with van der Waals surface area (Å²) in [6.45, 7) is 6.80. The molecule has 18 heavy (non-hydrogen) atoms. The third kappa shape index (κ3) is 2.94. The number of aryl methyl sites for hydroxylation is 1. The first-order chi connectivity index (χ1) is 8.24. The van der Waals surface area contributed by atoms with Gasteiger partial charge in [0.15, 0.2) is 5.82 Å². The molecule has 0 radical (unpaired) electrons. The lowest BCUT2D eigenvalue weighted by molar-refractivity contribution is 0.0525. The summed E-state index contributed by atoms with van der Waals surface area (Å²) in [5, 5.41) is 7.03. The van der Waals surface area contributed by atoms with Crippen molar-refractivity contribution < 1.29 is 14.3 Å². The minimum atomic E-state index is -0.319. The molecule has 0 amide bonds. The molecule has 102 valence electrons. The largest absolute Gasteiger partial charge is 0.462 e. The van der Waals surface area contributed by atoms with Crippen molar-refractivity contribution >= 4 is 24.2 Å². The average Bonchev–Trinajstić information content (AvgIpc) is 2.73. The van der Waals surface area contributed by atoms with Crippen LogP contribution in [0.25, 0.3) is 0 Å². The number of carbonyl (C=O) groups is 1. The van der Waals surface area contributed by atoms with Crippen molar-refractivity contribution in [1.29, 1.82) is 0 Å². The fourth-order valence-corrected chi connectivity index (χ4v) is 1.87. The summed E-state index contributed by atoms with van der Waals surface area (Å²) in [5.74, 6) is 0.351. The zero-order valence-electron chi connectivity index (χ0n) is 10.6. The van der Waals surface area contributed by atoms with E-state index < -0.39 is 0 Å². The van der Waals surface area contributed by atoms with Crippen LogP contribution in [-0.2, 0) is 9.47 Å². The zero-order chi connectivity index (χ0) is 12.3. The zero-order valence-corrected chi connectivity index (χ0v) is 11.4. The Morgan fingerprint density at radius 1 is 1.50 bits per heavy atom. The maximum absolute atomic E-state index is 11.8. The van der Waals surface area contributed by atoms with E-state index in [4.69, 9.17) is 9.47 Å². The summed E-state index contributed by atoms with van der Waals surface area (Å²) in [6, 6.07) is 0. The molecule has 0 saturated carbocycles. The van der Waals surface area contributed by atoms with Gasteiger partial charge in [0.05, 0.1) is 19.8 Å². The number of hydrogen-bond acceptors (Lipinski definition) is 5. The van der Waals surface area contributed by atoms with E-state index in [9.17, 15) is 4.79 Å². The highest BCUT2D eigenvalue weighted by Gasteiger charge is 2.24. The standard InChI is InChI=1S/C11H17N3O3.ClH/c1-3-17-11(15)9-8(2)12-13-10(9)14-4-6-16-7-5-14;/h3-7H2,1-2H3,(H,12,13);1H. The molecule has 2 heterocycles. The minimum absolute atomic E-state index is 0. The second kappa shape index (κ2) is 6.61. The van der Waals surface area contributed by atoms with Crippen LogP contribution in [0, 0.1) is 6.92 Å². The minimum Gasteiger partial charge on any atom is -0.462 e. The highest BCUT2D eigenvalue weighted by Crippen LogP contribution is 2.22. The van der Waals surface area contributed by atoms with Crippen LogP contribution in [-0.4, -0.2) is 49.1 Å². The number of morpholine rings is 1. The fraction of sp³-hybridized carbons (Fsp3) is 0.636. The molecule has 1 N–H and O–H groups in total. The van der Waals surface area contributed by atoms with Crippen LogP contribution in [0.3, 0.4) is 0 Å². The Balaban J connectivity index is 0.00000162. The number of halogens is 1. The first-order valence-electron chi connectivity index (χ1n) is 5.78. The molecular weight excluding hydrogens is 258 g/mol. The first-order valence-corrected chi connectivity index (χ1v) is 5.78. The van der Waals surface area contributed by atoms with Gasteiger partial charge in [-0.25, -0.2) is 4.79 Å². The molecule has 1 aliphatic heterocycles. The molecule has 1 saturated heterocycles. The van der Waals surface area contributed by atoms with Gasteiger partial charge in [-0.3, -0.25) is 5.10 Å². The van der Waals surface area contributed by atoms with E-state index in [-0.39, 0.29) is 18.4 Å². The molecular formula is C11H18ClN3O3. The number of esters is 1. The number of carbonyl (C=O) groups excluding carboxylic acids is 1. The number of hydrogen-bond donors (Lipinski definition) is 1. The van der Waals surface area contributed by atoms with Crippen molar-refractivity contribution in [2.45, 2.75) is 13.8 Å². The normalized spacial score (nSPS) is 15.1. The summed E-state index contributed by atoms with van der Waals surface area (Å²) in [7, 11) is 0. The van der Waals surface area contributed by atoms with Gasteiger partial charge in [0.1, 0.15) is 5.56 Å². The first kappa shape index (κ1) is 14.8. The van der Waals surface area contributed by atoms with Gasteiger partial charge in [-0.2, -0.15) is 5.10 Å². The molecule has 0 bridgehead atoms. The monoisotopic (exact) mass is 275 g/mol. The molecule has 1 fully saturated rings. The predicted octanol–water partition coefficient (Wildman–Crippen LogP) is 1.15. The highest BCUT2D eigenvalue weighted by atomic mass is 35.5. The number of aromatic nitrogens is 2. The Kier molecular flexibility index (Phi) is 5.43. The number of nitrogens with one attached hydrogen (secondary N) is 1. The molecule has 1 aromatic rings. The number of rotatable bonds is 3. The lowest BCUT2D eigenvalue weighted by atomic mass is 10.2. The van der Waals surface area contributed by atoms with E-state index in [0.717, 1.165) is 18.8 Å². The van der Waals surface area contributed by atoms with E-state index in [2.05, 4.69) is 10.2 Å². The number of nitrogens with zero attached hydrogens (tertiary/aromatic N) is 2. The van der Waals surface area contributed by atoms with Gasteiger partial charge in [-0.1, -0.05) is 0 Å². The lowest BCUT2D eigenvalue weighted by Crippen LogP contribution is -2.37. The fourth-order valence-electron chi connectivity index (χ4n) is 1.87. The van der Waals surface area contributed by atoms with Crippen LogP contribution in [0.4, 0.5) is 5.82 Å². The summed E-state index contributed by atoms with van der Waals surface area (Å²) in [6.07, 6.45) is 0. The lowest BCUT2D eigenvalue weighted by Gasteiger charge is -2.27. The van der Waals surface area contributed by atoms with Crippen LogP contribution in [0.15, 0.2) is 0 Å². The summed E-state index contributed by atoms with van der Waals surface area (Å²) < 4.78 is 10.3. The van der Waals surface area contributed by atoms with Gasteiger partial charge in [-0.15, -0.1) is 12.4 Å². The van der Waals surface area contributed by atoms with Crippen molar-refractivity contribution in [3.05, 3.63) is 11.3 Å². The third-order valence-corrected chi connectivity index (χ3v) is 2.72. The van der Waals surface area contributed by atoms with Crippen molar-refractivity contribution in [2.24, 2.45) is 0 Å². The Bertz CT molecular complexity index is 402. The molecule has 2 rings (SSSR count).